The molecular formula is C24H28O2Si2. The molecule has 0 unspecified atom stereocenters. The summed E-state index contributed by atoms with van der Waals surface area (Å²) in [6, 6.07) is 31.9. The van der Waals surface area contributed by atoms with Gasteiger partial charge in [-0.15, -0.1) is 0 Å². The van der Waals surface area contributed by atoms with E-state index in [1.807, 2.05) is 12.3 Å². The number of benzene rings is 3. The van der Waals surface area contributed by atoms with Crippen LogP contribution in [-0.2, 0) is 9.16 Å². The van der Waals surface area contributed by atoms with Crippen LogP contribution < -0.4 is 15.6 Å². The molecule has 0 spiro atoms. The van der Waals surface area contributed by atoms with Crippen LogP contribution in [0, 0.1) is 0 Å². The van der Waals surface area contributed by atoms with E-state index in [1.165, 1.54) is 15.6 Å². The highest BCUT2D eigenvalue weighted by Crippen LogP contribution is 2.22. The first kappa shape index (κ1) is 20.2. The summed E-state index contributed by atoms with van der Waals surface area (Å²) >= 11 is 0. The zero-order valence-electron chi connectivity index (χ0n) is 17.1. The van der Waals surface area contributed by atoms with E-state index in [2.05, 4.69) is 105 Å². The number of hydrogen-bond donors (Lipinski definition) is 0. The molecule has 3 rings (SSSR count). The molecule has 0 aliphatic rings. The maximum Gasteiger partial charge on any atom is 0.276 e. The molecule has 3 aromatic carbocycles. The highest BCUT2D eigenvalue weighted by Gasteiger charge is 2.42. The lowest BCUT2D eigenvalue weighted by atomic mass is 10.4. The molecule has 0 heterocycles. The van der Waals surface area contributed by atoms with Crippen molar-refractivity contribution in [1.29, 1.82) is 0 Å². The van der Waals surface area contributed by atoms with Gasteiger partial charge in [0, 0.05) is 0 Å². The lowest BCUT2D eigenvalue weighted by Gasteiger charge is -2.36. The highest BCUT2D eigenvalue weighted by molar-refractivity contribution is 7.06. The van der Waals surface area contributed by atoms with Crippen LogP contribution in [0.25, 0.3) is 0 Å². The summed E-state index contributed by atoms with van der Waals surface area (Å²) < 4.78 is 12.4. The van der Waals surface area contributed by atoms with E-state index < -0.39 is 16.4 Å². The summed E-state index contributed by atoms with van der Waals surface area (Å²) in [5.41, 5.74) is 0. The Kier molecular flexibility index (Phi) is 6.22. The Balaban J connectivity index is 2.12. The fourth-order valence-electron chi connectivity index (χ4n) is 3.52. The standard InChI is InChI=1S/C24H28O2Si2/c1-25-20-24(26-27(2,3)21-14-8-5-9-15-21)28(4,22-16-10-6-11-17-22)23-18-12-7-13-19-23/h5-20H,1-4H3/b24-20+. The van der Waals surface area contributed by atoms with Crippen molar-refractivity contribution in [2.24, 2.45) is 0 Å². The molecule has 0 saturated carbocycles. The predicted molar refractivity (Wildman–Crippen MR) is 124 cm³/mol. The van der Waals surface area contributed by atoms with Crippen molar-refractivity contribution in [3.05, 3.63) is 103 Å². The van der Waals surface area contributed by atoms with Crippen LogP contribution in [0.3, 0.4) is 0 Å². The van der Waals surface area contributed by atoms with E-state index in [1.54, 1.807) is 7.11 Å². The number of rotatable bonds is 7. The predicted octanol–water partition coefficient (Wildman–Crippen LogP) is 4.04. The first-order valence-electron chi connectivity index (χ1n) is 9.57. The highest BCUT2D eigenvalue weighted by atomic mass is 28.4. The molecule has 0 saturated heterocycles. The van der Waals surface area contributed by atoms with Crippen molar-refractivity contribution in [1.82, 2.24) is 0 Å². The summed E-state index contributed by atoms with van der Waals surface area (Å²) in [7, 11) is -2.82. The fourth-order valence-corrected chi connectivity index (χ4v) is 9.79. The van der Waals surface area contributed by atoms with Gasteiger partial charge in [-0.25, -0.2) is 0 Å². The Morgan fingerprint density at radius 1 is 0.643 bits per heavy atom. The molecule has 0 fully saturated rings. The van der Waals surface area contributed by atoms with E-state index in [-0.39, 0.29) is 0 Å². The lowest BCUT2D eigenvalue weighted by Crippen LogP contribution is -2.60. The molecule has 3 aromatic rings. The van der Waals surface area contributed by atoms with Crippen LogP contribution in [0.1, 0.15) is 0 Å². The van der Waals surface area contributed by atoms with Gasteiger partial charge in [0.2, 0.25) is 0 Å². The first-order valence-corrected chi connectivity index (χ1v) is 15.0. The summed E-state index contributed by atoms with van der Waals surface area (Å²) in [5, 5.41) is 4.85. The topological polar surface area (TPSA) is 18.5 Å². The molecule has 0 amide bonds. The smallest absolute Gasteiger partial charge is 0.276 e. The number of hydrogen-bond acceptors (Lipinski definition) is 2. The molecule has 144 valence electrons. The third-order valence-electron chi connectivity index (χ3n) is 5.25. The molecular weight excluding hydrogens is 376 g/mol. The van der Waals surface area contributed by atoms with Crippen molar-refractivity contribution >= 4 is 32.0 Å². The summed E-state index contributed by atoms with van der Waals surface area (Å²) in [5.74, 6) is 0. The van der Waals surface area contributed by atoms with Crippen molar-refractivity contribution in [3.63, 3.8) is 0 Å². The maximum atomic E-state index is 6.88. The van der Waals surface area contributed by atoms with Crippen LogP contribution >= 0.6 is 0 Å². The Labute approximate surface area is 170 Å². The zero-order chi connectivity index (χ0) is 20.0. The van der Waals surface area contributed by atoms with Crippen LogP contribution in [0.15, 0.2) is 103 Å². The van der Waals surface area contributed by atoms with E-state index >= 15 is 0 Å². The van der Waals surface area contributed by atoms with Gasteiger partial charge < -0.3 is 9.16 Å². The zero-order valence-corrected chi connectivity index (χ0v) is 19.1. The van der Waals surface area contributed by atoms with E-state index in [4.69, 9.17) is 9.16 Å². The van der Waals surface area contributed by atoms with E-state index in [0.29, 0.717) is 0 Å². The van der Waals surface area contributed by atoms with Gasteiger partial charge in [0.05, 0.1) is 7.11 Å². The van der Waals surface area contributed by atoms with Crippen LogP contribution in [-0.4, -0.2) is 23.5 Å². The minimum Gasteiger partial charge on any atom is -0.543 e. The summed E-state index contributed by atoms with van der Waals surface area (Å²) in [4.78, 5) is 0. The van der Waals surface area contributed by atoms with Gasteiger partial charge >= 0.3 is 0 Å². The van der Waals surface area contributed by atoms with Gasteiger partial charge in [0.15, 0.2) is 8.07 Å². The SMILES string of the molecule is CO/C=C(\O[Si](C)(C)c1ccccc1)[Si](C)(c1ccccc1)c1ccccc1. The fraction of sp³-hybridized carbons (Fsp3) is 0.167. The quantitative estimate of drug-likeness (QED) is 0.437. The Morgan fingerprint density at radius 3 is 1.43 bits per heavy atom. The first-order chi connectivity index (χ1) is 13.5. The average molecular weight is 405 g/mol. The van der Waals surface area contributed by atoms with Crippen LogP contribution in [0.5, 0.6) is 0 Å². The van der Waals surface area contributed by atoms with Gasteiger partial charge in [-0.3, -0.25) is 0 Å². The molecule has 0 aliphatic heterocycles. The van der Waals surface area contributed by atoms with Crippen molar-refractivity contribution in [3.8, 4) is 0 Å². The maximum absolute atomic E-state index is 6.88. The summed E-state index contributed by atoms with van der Waals surface area (Å²) in [6.07, 6.45) is 1.82. The third-order valence-corrected chi connectivity index (χ3v) is 12.1. The number of methoxy groups -OCH3 is 1. The van der Waals surface area contributed by atoms with E-state index in [0.717, 1.165) is 5.38 Å². The van der Waals surface area contributed by atoms with Crippen molar-refractivity contribution < 1.29 is 9.16 Å². The minimum atomic E-state index is -2.35. The third kappa shape index (κ3) is 4.13. The van der Waals surface area contributed by atoms with E-state index in [9.17, 15) is 0 Å². The van der Waals surface area contributed by atoms with Gasteiger partial charge in [-0.1, -0.05) is 97.5 Å². The lowest BCUT2D eigenvalue weighted by molar-refractivity contribution is 0.313. The largest absolute Gasteiger partial charge is 0.543 e. The molecule has 0 bridgehead atoms. The Bertz CT molecular complexity index is 868. The minimum absolute atomic E-state index is 0.966. The van der Waals surface area contributed by atoms with Crippen molar-refractivity contribution in [2.75, 3.05) is 7.11 Å². The molecule has 2 nitrogen and oxygen atoms in total. The second-order valence-electron chi connectivity index (χ2n) is 7.55. The van der Waals surface area contributed by atoms with Crippen LogP contribution in [0.4, 0.5) is 0 Å². The molecule has 0 aliphatic carbocycles. The van der Waals surface area contributed by atoms with Gasteiger partial charge in [-0.05, 0) is 28.7 Å². The summed E-state index contributed by atoms with van der Waals surface area (Å²) in [6.45, 7) is 6.84. The Morgan fingerprint density at radius 2 is 1.04 bits per heavy atom. The molecule has 0 N–H and O–H groups in total. The monoisotopic (exact) mass is 404 g/mol. The molecule has 0 atom stereocenters. The van der Waals surface area contributed by atoms with Crippen molar-refractivity contribution in [2.45, 2.75) is 19.6 Å². The number of ether oxygens (including phenoxy) is 1. The molecule has 28 heavy (non-hydrogen) atoms. The second kappa shape index (κ2) is 8.63. The van der Waals surface area contributed by atoms with Crippen LogP contribution in [0.2, 0.25) is 19.6 Å². The van der Waals surface area contributed by atoms with Gasteiger partial charge in [0.25, 0.3) is 8.32 Å². The Hall–Kier alpha value is -2.57. The normalized spacial score (nSPS) is 12.5. The molecule has 0 aromatic heterocycles. The molecule has 4 heteroatoms. The average Bonchev–Trinajstić information content (AvgIpc) is 2.74. The molecule has 0 radical (unpaired) electrons. The van der Waals surface area contributed by atoms with Gasteiger partial charge in [-0.2, -0.15) is 0 Å². The second-order valence-corrected chi connectivity index (χ2v) is 15.3. The van der Waals surface area contributed by atoms with Gasteiger partial charge in [0.1, 0.15) is 11.6 Å².